The minimum Gasteiger partial charge on any atom is -0.371 e. The molecule has 0 radical (unpaired) electrons. The van der Waals surface area contributed by atoms with Gasteiger partial charge in [-0.15, -0.1) is 0 Å². The highest BCUT2D eigenvalue weighted by molar-refractivity contribution is 7.79. The maximum absolute atomic E-state index is 5.24. The molecule has 5 aromatic rings. The molecule has 3 aliphatic rings. The van der Waals surface area contributed by atoms with Gasteiger partial charge in [-0.2, -0.15) is 0 Å². The van der Waals surface area contributed by atoms with Crippen molar-refractivity contribution in [2.75, 3.05) is 0 Å². The van der Waals surface area contributed by atoms with Crippen LogP contribution in [0.1, 0.15) is 16.7 Å². The van der Waals surface area contributed by atoms with Crippen LogP contribution < -0.4 is 21.2 Å². The highest BCUT2D eigenvalue weighted by Gasteiger charge is 2.31. The minimum absolute atomic E-state index is 0.0750. The largest absolute Gasteiger partial charge is 0.371 e. The van der Waals surface area contributed by atoms with Gasteiger partial charge in [-0.25, -0.2) is 4.99 Å². The topological polar surface area (TPSA) is 24.4 Å². The molecule has 0 bridgehead atoms. The number of rotatable bonds is 4. The van der Waals surface area contributed by atoms with Crippen molar-refractivity contribution in [2.45, 2.75) is 6.04 Å². The highest BCUT2D eigenvalue weighted by Crippen LogP contribution is 2.44. The molecule has 184 valence electrons. The fourth-order valence-electron chi connectivity index (χ4n) is 5.98. The quantitative estimate of drug-likeness (QED) is 0.261. The molecular weight excluding hydrogens is 491 g/mol. The van der Waals surface area contributed by atoms with Gasteiger partial charge in [-0.05, 0) is 52.5 Å². The van der Waals surface area contributed by atoms with Crippen LogP contribution in [0.15, 0.2) is 145 Å². The summed E-state index contributed by atoms with van der Waals surface area (Å²) < 4.78 is 0. The molecule has 0 saturated carbocycles. The maximum Gasteiger partial charge on any atom is 0.0950 e. The molecule has 3 heteroatoms. The predicted octanol–water partition coefficient (Wildman–Crippen LogP) is 6.80. The summed E-state index contributed by atoms with van der Waals surface area (Å²) in [5.74, 6) is 0. The SMILES string of the molecule is C1=CC2NC3=C(N=C2C=C1c1cccc(P(c2ccccc2)c2ccccc2)c1)c1cccc2cccc3c12. The molecule has 0 fully saturated rings. The molecule has 0 aromatic heterocycles. The van der Waals surface area contributed by atoms with Crippen molar-refractivity contribution in [1.29, 1.82) is 0 Å². The fraction of sp³-hybridized carbons (Fsp3) is 0.0278. The molecule has 0 amide bonds. The first-order chi connectivity index (χ1) is 19.3. The Morgan fingerprint density at radius 1 is 0.641 bits per heavy atom. The molecule has 1 aliphatic heterocycles. The second-order valence-electron chi connectivity index (χ2n) is 10.1. The van der Waals surface area contributed by atoms with E-state index in [1.807, 2.05) is 0 Å². The van der Waals surface area contributed by atoms with Crippen LogP contribution in [0, 0.1) is 0 Å². The van der Waals surface area contributed by atoms with E-state index < -0.39 is 7.92 Å². The Balaban J connectivity index is 1.20. The minimum atomic E-state index is -0.653. The Kier molecular flexibility index (Phi) is 5.21. The van der Waals surface area contributed by atoms with Gasteiger partial charge in [0.1, 0.15) is 0 Å². The van der Waals surface area contributed by atoms with Crippen LogP contribution in [0.4, 0.5) is 0 Å². The second-order valence-corrected chi connectivity index (χ2v) is 12.3. The summed E-state index contributed by atoms with van der Waals surface area (Å²) in [5.41, 5.74) is 8.17. The molecule has 2 aliphatic carbocycles. The van der Waals surface area contributed by atoms with Crippen molar-refractivity contribution in [3.05, 3.63) is 156 Å². The molecule has 1 atom stereocenters. The standard InChI is InChI=1S/C36H25N2P/c1-3-13-27(14-4-1)39(28-15-5-2-6-16-28)29-17-7-12-25(22-29)26-20-21-32-33(23-26)38-36-31-19-9-11-24-10-8-18-30(34(24)31)35(36)37-32/h1-23,32,37H. The first-order valence-electron chi connectivity index (χ1n) is 13.4. The zero-order chi connectivity index (χ0) is 25.8. The molecule has 39 heavy (non-hydrogen) atoms. The first kappa shape index (κ1) is 22.5. The molecule has 0 spiro atoms. The second kappa shape index (κ2) is 9.05. The fourth-order valence-corrected chi connectivity index (χ4v) is 8.32. The van der Waals surface area contributed by atoms with Gasteiger partial charge in [-0.3, -0.25) is 0 Å². The lowest BCUT2D eigenvalue weighted by Crippen LogP contribution is -2.37. The van der Waals surface area contributed by atoms with Crippen LogP contribution >= 0.6 is 7.92 Å². The van der Waals surface area contributed by atoms with Crippen LogP contribution in [0.3, 0.4) is 0 Å². The third-order valence-corrected chi connectivity index (χ3v) is 10.2. The molecule has 8 rings (SSSR count). The van der Waals surface area contributed by atoms with E-state index >= 15 is 0 Å². The van der Waals surface area contributed by atoms with Gasteiger partial charge in [0, 0.05) is 16.5 Å². The number of nitrogens with one attached hydrogen (secondary N) is 1. The van der Waals surface area contributed by atoms with Crippen LogP contribution in [0.25, 0.3) is 27.7 Å². The smallest absolute Gasteiger partial charge is 0.0950 e. The Bertz CT molecular complexity index is 1840. The summed E-state index contributed by atoms with van der Waals surface area (Å²) in [7, 11) is -0.653. The Hall–Kier alpha value is -4.52. The summed E-state index contributed by atoms with van der Waals surface area (Å²) in [4.78, 5) is 5.24. The summed E-state index contributed by atoms with van der Waals surface area (Å²) >= 11 is 0. The normalized spacial score (nSPS) is 17.0. The number of allylic oxidation sites excluding steroid dienone is 2. The average Bonchev–Trinajstić information content (AvgIpc) is 3.31. The van der Waals surface area contributed by atoms with Gasteiger partial charge in [-0.1, -0.05) is 127 Å². The lowest BCUT2D eigenvalue weighted by molar-refractivity contribution is 0.887. The third kappa shape index (κ3) is 3.72. The summed E-state index contributed by atoms with van der Waals surface area (Å²) in [6, 6.07) is 44.0. The number of nitrogens with zero attached hydrogens (tertiary/aromatic N) is 1. The molecular formula is C36H25N2P. The first-order valence-corrected chi connectivity index (χ1v) is 14.7. The summed E-state index contributed by atoms with van der Waals surface area (Å²) in [5, 5.41) is 10.4. The third-order valence-electron chi connectivity index (χ3n) is 7.76. The van der Waals surface area contributed by atoms with E-state index in [0.717, 1.165) is 17.1 Å². The maximum atomic E-state index is 5.24. The Morgan fingerprint density at radius 2 is 1.31 bits per heavy atom. The van der Waals surface area contributed by atoms with E-state index in [9.17, 15) is 0 Å². The van der Waals surface area contributed by atoms with Crippen molar-refractivity contribution in [1.82, 2.24) is 5.32 Å². The predicted molar refractivity (Wildman–Crippen MR) is 167 cm³/mol. The van der Waals surface area contributed by atoms with Crippen LogP contribution in [0.5, 0.6) is 0 Å². The van der Waals surface area contributed by atoms with Gasteiger partial charge >= 0.3 is 0 Å². The molecule has 1 unspecified atom stereocenters. The lowest BCUT2D eigenvalue weighted by Gasteiger charge is -2.27. The number of hydrogen-bond donors (Lipinski definition) is 1. The molecule has 1 heterocycles. The summed E-state index contributed by atoms with van der Waals surface area (Å²) in [6.07, 6.45) is 6.76. The number of fused-ring (bicyclic) bond motifs is 3. The van der Waals surface area contributed by atoms with Crippen LogP contribution in [0.2, 0.25) is 0 Å². The monoisotopic (exact) mass is 516 g/mol. The zero-order valence-electron chi connectivity index (χ0n) is 21.3. The van der Waals surface area contributed by atoms with Crippen molar-refractivity contribution in [3.63, 3.8) is 0 Å². The van der Waals surface area contributed by atoms with Gasteiger partial charge < -0.3 is 5.32 Å². The molecule has 5 aromatic carbocycles. The van der Waals surface area contributed by atoms with E-state index in [0.29, 0.717) is 0 Å². The Morgan fingerprint density at radius 3 is 2.05 bits per heavy atom. The van der Waals surface area contributed by atoms with E-state index in [2.05, 4.69) is 145 Å². The molecule has 1 N–H and O–H groups in total. The van der Waals surface area contributed by atoms with Crippen molar-refractivity contribution < 1.29 is 0 Å². The summed E-state index contributed by atoms with van der Waals surface area (Å²) in [6.45, 7) is 0. The molecule has 2 nitrogen and oxygen atoms in total. The lowest BCUT2D eigenvalue weighted by atomic mass is 9.94. The van der Waals surface area contributed by atoms with Gasteiger partial charge in [0.15, 0.2) is 0 Å². The van der Waals surface area contributed by atoms with Crippen molar-refractivity contribution in [2.24, 2.45) is 4.99 Å². The van der Waals surface area contributed by atoms with Gasteiger partial charge in [0.25, 0.3) is 0 Å². The number of aliphatic imine (C=N–C) groups is 1. The number of hydrogen-bond acceptors (Lipinski definition) is 2. The van der Waals surface area contributed by atoms with Gasteiger partial charge in [0.2, 0.25) is 0 Å². The van der Waals surface area contributed by atoms with E-state index in [-0.39, 0.29) is 6.04 Å². The number of benzene rings is 5. The van der Waals surface area contributed by atoms with E-state index in [1.165, 1.54) is 48.9 Å². The highest BCUT2D eigenvalue weighted by atomic mass is 31.1. The van der Waals surface area contributed by atoms with Crippen LogP contribution in [-0.2, 0) is 0 Å². The van der Waals surface area contributed by atoms with Crippen molar-refractivity contribution >= 4 is 57.3 Å². The van der Waals surface area contributed by atoms with E-state index in [1.54, 1.807) is 0 Å². The molecule has 0 saturated heterocycles. The van der Waals surface area contributed by atoms with Gasteiger partial charge in [0.05, 0.1) is 23.1 Å². The Labute approximate surface area is 229 Å². The van der Waals surface area contributed by atoms with Crippen molar-refractivity contribution in [3.8, 4) is 0 Å². The van der Waals surface area contributed by atoms with E-state index in [4.69, 9.17) is 4.99 Å². The van der Waals surface area contributed by atoms with Crippen LogP contribution in [-0.4, -0.2) is 11.8 Å². The average molecular weight is 517 g/mol. The zero-order valence-corrected chi connectivity index (χ0v) is 22.1.